The Morgan fingerprint density at radius 2 is 1.70 bits per heavy atom. The molecule has 2 aromatic carbocycles. The van der Waals surface area contributed by atoms with E-state index in [1.165, 1.54) is 5.56 Å². The van der Waals surface area contributed by atoms with Gasteiger partial charge in [0.15, 0.2) is 10.6 Å². The van der Waals surface area contributed by atoms with Gasteiger partial charge in [0.2, 0.25) is 0 Å². The van der Waals surface area contributed by atoms with Gasteiger partial charge in [-0.25, -0.2) is 0 Å². The van der Waals surface area contributed by atoms with E-state index in [1.54, 1.807) is 0 Å². The van der Waals surface area contributed by atoms with Crippen molar-refractivity contribution in [3.05, 3.63) is 69.8 Å². The Labute approximate surface area is 140 Å². The van der Waals surface area contributed by atoms with E-state index in [4.69, 9.17) is 17.0 Å². The van der Waals surface area contributed by atoms with Gasteiger partial charge in [-0.15, -0.1) is 0 Å². The Hall–Kier alpha value is -2.40. The number of benzene rings is 2. The molecule has 118 valence electrons. The van der Waals surface area contributed by atoms with Gasteiger partial charge >= 0.3 is 0 Å². The molecule has 0 aliphatic rings. The van der Waals surface area contributed by atoms with Gasteiger partial charge in [-0.1, -0.05) is 35.9 Å². The summed E-state index contributed by atoms with van der Waals surface area (Å²) in [6.07, 6.45) is 0. The molecule has 1 aromatic heterocycles. The second-order valence-corrected chi connectivity index (χ2v) is 6.01. The van der Waals surface area contributed by atoms with E-state index in [0.29, 0.717) is 11.4 Å². The first-order valence-corrected chi connectivity index (χ1v) is 7.89. The van der Waals surface area contributed by atoms with E-state index in [1.807, 2.05) is 48.7 Å². The highest BCUT2D eigenvalue weighted by Crippen LogP contribution is 2.23. The Bertz CT molecular complexity index is 858. The minimum atomic E-state index is 0.354. The lowest BCUT2D eigenvalue weighted by Gasteiger charge is -2.12. The first-order valence-electron chi connectivity index (χ1n) is 7.48. The zero-order valence-corrected chi connectivity index (χ0v) is 14.3. The normalized spacial score (nSPS) is 10.7. The molecular weight excluding hydrogens is 306 g/mol. The van der Waals surface area contributed by atoms with Crippen molar-refractivity contribution in [2.24, 2.45) is 0 Å². The molecule has 0 atom stereocenters. The van der Waals surface area contributed by atoms with Crippen molar-refractivity contribution in [1.82, 2.24) is 14.8 Å². The van der Waals surface area contributed by atoms with E-state index in [2.05, 4.69) is 29.3 Å². The Kier molecular flexibility index (Phi) is 4.30. The van der Waals surface area contributed by atoms with Gasteiger partial charge in [0, 0.05) is 5.69 Å². The standard InChI is InChI=1S/C18H19N3OS/c1-12-7-9-15(10-8-12)21-16(19-20-18(21)23)11-22-17-13(2)5-4-6-14(17)3/h4-10H,11H2,1-3H3,(H,20,23). The molecule has 0 aliphatic carbocycles. The minimum absolute atomic E-state index is 0.354. The molecule has 0 aliphatic heterocycles. The summed E-state index contributed by atoms with van der Waals surface area (Å²) in [6.45, 7) is 6.49. The number of hydrogen-bond donors (Lipinski definition) is 1. The molecule has 3 rings (SSSR count). The summed E-state index contributed by atoms with van der Waals surface area (Å²) in [7, 11) is 0. The molecule has 0 saturated heterocycles. The molecule has 0 radical (unpaired) electrons. The smallest absolute Gasteiger partial charge is 0.199 e. The molecule has 0 saturated carbocycles. The highest BCUT2D eigenvalue weighted by atomic mass is 32.1. The van der Waals surface area contributed by atoms with Crippen LogP contribution in [0.25, 0.3) is 5.69 Å². The number of nitrogens with one attached hydrogen (secondary N) is 1. The predicted molar refractivity (Wildman–Crippen MR) is 93.7 cm³/mol. The maximum atomic E-state index is 6.00. The summed E-state index contributed by atoms with van der Waals surface area (Å²) in [6, 6.07) is 14.3. The summed E-state index contributed by atoms with van der Waals surface area (Å²) < 4.78 is 8.47. The highest BCUT2D eigenvalue weighted by molar-refractivity contribution is 7.71. The predicted octanol–water partition coefficient (Wildman–Crippen LogP) is 4.43. The SMILES string of the molecule is Cc1ccc(-n2c(COc3c(C)cccc3C)n[nH]c2=S)cc1. The number of aromatic nitrogens is 3. The molecular formula is C18H19N3OS. The van der Waals surface area contributed by atoms with Crippen molar-refractivity contribution in [2.75, 3.05) is 0 Å². The van der Waals surface area contributed by atoms with Crippen LogP contribution in [0.3, 0.4) is 0 Å². The summed E-state index contributed by atoms with van der Waals surface area (Å²) in [5.41, 5.74) is 4.41. The largest absolute Gasteiger partial charge is 0.485 e. The van der Waals surface area contributed by atoms with Gasteiger partial charge in [0.05, 0.1) is 0 Å². The Morgan fingerprint density at radius 3 is 2.35 bits per heavy atom. The molecule has 0 unspecified atom stereocenters. The average molecular weight is 325 g/mol. The fourth-order valence-corrected chi connectivity index (χ4v) is 2.81. The van der Waals surface area contributed by atoms with Crippen molar-refractivity contribution in [2.45, 2.75) is 27.4 Å². The van der Waals surface area contributed by atoms with E-state index in [-0.39, 0.29) is 0 Å². The first kappa shape index (κ1) is 15.5. The molecule has 1 N–H and O–H groups in total. The number of rotatable bonds is 4. The van der Waals surface area contributed by atoms with E-state index in [9.17, 15) is 0 Å². The van der Waals surface area contributed by atoms with Crippen LogP contribution in [0.2, 0.25) is 0 Å². The molecule has 23 heavy (non-hydrogen) atoms. The fraction of sp³-hybridized carbons (Fsp3) is 0.222. The van der Waals surface area contributed by atoms with Crippen molar-refractivity contribution >= 4 is 12.2 Å². The average Bonchev–Trinajstić information content (AvgIpc) is 2.89. The van der Waals surface area contributed by atoms with Crippen molar-refractivity contribution in [1.29, 1.82) is 0 Å². The zero-order valence-electron chi connectivity index (χ0n) is 13.5. The van der Waals surface area contributed by atoms with E-state index >= 15 is 0 Å². The Morgan fingerprint density at radius 1 is 1.04 bits per heavy atom. The second-order valence-electron chi connectivity index (χ2n) is 5.63. The van der Waals surface area contributed by atoms with Gasteiger partial charge in [-0.3, -0.25) is 9.67 Å². The van der Waals surface area contributed by atoms with Crippen LogP contribution in [0.4, 0.5) is 0 Å². The lowest BCUT2D eigenvalue weighted by molar-refractivity contribution is 0.289. The lowest BCUT2D eigenvalue weighted by atomic mass is 10.1. The van der Waals surface area contributed by atoms with Crippen LogP contribution >= 0.6 is 12.2 Å². The van der Waals surface area contributed by atoms with Crippen LogP contribution in [0, 0.1) is 25.5 Å². The maximum absolute atomic E-state index is 6.00. The first-order chi connectivity index (χ1) is 11.1. The van der Waals surface area contributed by atoms with Crippen LogP contribution in [-0.2, 0) is 6.61 Å². The zero-order chi connectivity index (χ0) is 16.4. The van der Waals surface area contributed by atoms with Crippen LogP contribution in [0.15, 0.2) is 42.5 Å². The topological polar surface area (TPSA) is 42.8 Å². The van der Waals surface area contributed by atoms with Gasteiger partial charge in [-0.2, -0.15) is 5.10 Å². The lowest BCUT2D eigenvalue weighted by Crippen LogP contribution is -2.07. The highest BCUT2D eigenvalue weighted by Gasteiger charge is 2.11. The summed E-state index contributed by atoms with van der Waals surface area (Å²) >= 11 is 5.36. The molecule has 3 aromatic rings. The molecule has 0 fully saturated rings. The third-order valence-electron chi connectivity index (χ3n) is 3.79. The van der Waals surface area contributed by atoms with Crippen molar-refractivity contribution < 1.29 is 4.74 Å². The second kappa shape index (κ2) is 6.38. The summed E-state index contributed by atoms with van der Waals surface area (Å²) in [4.78, 5) is 0. The maximum Gasteiger partial charge on any atom is 0.199 e. The summed E-state index contributed by atoms with van der Waals surface area (Å²) in [5.74, 6) is 1.65. The number of nitrogens with zero attached hydrogens (tertiary/aromatic N) is 2. The summed E-state index contributed by atoms with van der Waals surface area (Å²) in [5, 5.41) is 7.16. The third-order valence-corrected chi connectivity index (χ3v) is 4.06. The molecule has 5 heteroatoms. The fourth-order valence-electron chi connectivity index (χ4n) is 2.55. The molecule has 0 spiro atoms. The third kappa shape index (κ3) is 3.19. The van der Waals surface area contributed by atoms with E-state index in [0.717, 1.165) is 28.4 Å². The minimum Gasteiger partial charge on any atom is -0.485 e. The molecule has 0 bridgehead atoms. The molecule has 4 nitrogen and oxygen atoms in total. The van der Waals surface area contributed by atoms with Gasteiger partial charge in [0.1, 0.15) is 12.4 Å². The Balaban J connectivity index is 1.90. The van der Waals surface area contributed by atoms with Crippen LogP contribution < -0.4 is 4.74 Å². The van der Waals surface area contributed by atoms with Crippen molar-refractivity contribution in [3.63, 3.8) is 0 Å². The number of ether oxygens (including phenoxy) is 1. The van der Waals surface area contributed by atoms with Crippen LogP contribution in [0.5, 0.6) is 5.75 Å². The van der Waals surface area contributed by atoms with Crippen LogP contribution in [-0.4, -0.2) is 14.8 Å². The molecule has 0 amide bonds. The van der Waals surface area contributed by atoms with Crippen molar-refractivity contribution in [3.8, 4) is 11.4 Å². The monoisotopic (exact) mass is 325 g/mol. The number of H-pyrrole nitrogens is 1. The quantitative estimate of drug-likeness (QED) is 0.721. The number of hydrogen-bond acceptors (Lipinski definition) is 3. The number of aromatic amines is 1. The van der Waals surface area contributed by atoms with Crippen LogP contribution in [0.1, 0.15) is 22.5 Å². The van der Waals surface area contributed by atoms with Gasteiger partial charge in [-0.05, 0) is 56.2 Å². The van der Waals surface area contributed by atoms with Gasteiger partial charge < -0.3 is 4.74 Å². The number of para-hydroxylation sites is 1. The van der Waals surface area contributed by atoms with E-state index < -0.39 is 0 Å². The molecule has 1 heterocycles. The van der Waals surface area contributed by atoms with Gasteiger partial charge in [0.25, 0.3) is 0 Å². The number of aryl methyl sites for hydroxylation is 3.